The van der Waals surface area contributed by atoms with Crippen LogP contribution in [0, 0.1) is 29.6 Å². The van der Waals surface area contributed by atoms with E-state index in [1.165, 1.54) is 5.57 Å². The highest BCUT2D eigenvalue weighted by atomic mass is 28.4. The second-order valence-corrected chi connectivity index (χ2v) is 18.0. The van der Waals surface area contributed by atoms with E-state index in [0.29, 0.717) is 24.2 Å². The molecule has 0 N–H and O–H groups in total. The van der Waals surface area contributed by atoms with Crippen LogP contribution in [-0.2, 0) is 23.5 Å². The zero-order chi connectivity index (χ0) is 26.8. The third-order valence-electron chi connectivity index (χ3n) is 9.19. The van der Waals surface area contributed by atoms with Gasteiger partial charge in [0.15, 0.2) is 8.32 Å². The molecule has 0 radical (unpaired) electrons. The van der Waals surface area contributed by atoms with E-state index in [4.69, 9.17) is 13.9 Å². The third-order valence-corrected chi connectivity index (χ3v) is 13.7. The topological polar surface area (TPSA) is 61.8 Å². The molecule has 0 unspecified atom stereocenters. The molecule has 0 spiro atoms. The molecular weight excluding hydrogens is 468 g/mol. The zero-order valence-electron chi connectivity index (χ0n) is 24.1. The van der Waals surface area contributed by atoms with Crippen LogP contribution in [0.2, 0.25) is 18.1 Å². The maximum absolute atomic E-state index is 12.7. The Labute approximate surface area is 220 Å². The Bertz CT molecular complexity index is 854. The first-order valence-electron chi connectivity index (χ1n) is 14.2. The van der Waals surface area contributed by atoms with Gasteiger partial charge in [-0.25, -0.2) is 0 Å². The highest BCUT2D eigenvalue weighted by Gasteiger charge is 2.44. The maximum atomic E-state index is 12.7. The van der Waals surface area contributed by atoms with Crippen LogP contribution in [0.4, 0.5) is 0 Å². The van der Waals surface area contributed by atoms with Gasteiger partial charge in [0.25, 0.3) is 0 Å². The van der Waals surface area contributed by atoms with E-state index in [2.05, 4.69) is 65.9 Å². The monoisotopic (exact) mass is 518 g/mol. The average molecular weight is 519 g/mol. The second kappa shape index (κ2) is 11.5. The Balaban J connectivity index is 1.71. The van der Waals surface area contributed by atoms with E-state index in [9.17, 15) is 9.59 Å². The molecule has 1 aliphatic heterocycles. The lowest BCUT2D eigenvalue weighted by atomic mass is 9.65. The zero-order valence-corrected chi connectivity index (χ0v) is 25.1. The summed E-state index contributed by atoms with van der Waals surface area (Å²) in [5.74, 6) is 1.02. The van der Waals surface area contributed by atoms with Gasteiger partial charge in [0.1, 0.15) is 12.2 Å². The number of esters is 2. The molecule has 5 nitrogen and oxygen atoms in total. The summed E-state index contributed by atoms with van der Waals surface area (Å²) >= 11 is 0. The molecule has 0 aromatic carbocycles. The molecule has 0 amide bonds. The molecule has 0 saturated carbocycles. The fourth-order valence-electron chi connectivity index (χ4n) is 5.74. The number of fused-ring (bicyclic) bond motifs is 1. The highest BCUT2D eigenvalue weighted by Crippen LogP contribution is 2.45. The van der Waals surface area contributed by atoms with Crippen molar-refractivity contribution in [2.75, 3.05) is 0 Å². The van der Waals surface area contributed by atoms with Crippen molar-refractivity contribution in [1.29, 1.82) is 0 Å². The number of hydrogen-bond acceptors (Lipinski definition) is 5. The van der Waals surface area contributed by atoms with Crippen molar-refractivity contribution in [1.82, 2.24) is 0 Å². The Morgan fingerprint density at radius 1 is 1.19 bits per heavy atom. The maximum Gasteiger partial charge on any atom is 0.308 e. The summed E-state index contributed by atoms with van der Waals surface area (Å²) in [6.07, 6.45) is 11.2. The molecule has 8 atom stereocenters. The van der Waals surface area contributed by atoms with Crippen molar-refractivity contribution in [2.24, 2.45) is 29.6 Å². The SMILES string of the molecule is CC[C@@H](C)C(=O)O[C@H]1C[C@@H](C)C=C2C=C[C@H](C)[C@H](CC[C@@H]3C[C@@H](O[Si](C)(C)C(C)(C)C)CC(=O)O3)[C@H]21. The van der Waals surface area contributed by atoms with E-state index < -0.39 is 8.32 Å². The average Bonchev–Trinajstić information content (AvgIpc) is 2.76. The molecule has 1 fully saturated rings. The largest absolute Gasteiger partial charge is 0.462 e. The van der Waals surface area contributed by atoms with Crippen molar-refractivity contribution in [2.45, 2.75) is 123 Å². The van der Waals surface area contributed by atoms with Gasteiger partial charge < -0.3 is 13.9 Å². The Morgan fingerprint density at radius 3 is 2.53 bits per heavy atom. The van der Waals surface area contributed by atoms with E-state index in [0.717, 1.165) is 32.1 Å². The number of cyclic esters (lactones) is 1. The Morgan fingerprint density at radius 2 is 1.89 bits per heavy atom. The summed E-state index contributed by atoms with van der Waals surface area (Å²) in [4.78, 5) is 25.2. The van der Waals surface area contributed by atoms with Crippen LogP contribution in [0.1, 0.15) is 87.0 Å². The van der Waals surface area contributed by atoms with Gasteiger partial charge in [0.05, 0.1) is 18.4 Å². The predicted octanol–water partition coefficient (Wildman–Crippen LogP) is 7.23. The van der Waals surface area contributed by atoms with Gasteiger partial charge in [-0.3, -0.25) is 9.59 Å². The van der Waals surface area contributed by atoms with Crippen molar-refractivity contribution >= 4 is 20.3 Å². The number of carbonyl (C=O) groups excluding carboxylic acids is 2. The van der Waals surface area contributed by atoms with Crippen molar-refractivity contribution < 1.29 is 23.5 Å². The van der Waals surface area contributed by atoms with Gasteiger partial charge in [0.2, 0.25) is 0 Å². The summed E-state index contributed by atoms with van der Waals surface area (Å²) in [5.41, 5.74) is 1.30. The molecule has 36 heavy (non-hydrogen) atoms. The quantitative estimate of drug-likeness (QED) is 0.251. The van der Waals surface area contributed by atoms with Crippen LogP contribution in [0.25, 0.3) is 0 Å². The lowest BCUT2D eigenvalue weighted by Gasteiger charge is -2.44. The van der Waals surface area contributed by atoms with Crippen molar-refractivity contribution in [3.63, 3.8) is 0 Å². The van der Waals surface area contributed by atoms with Crippen molar-refractivity contribution in [3.05, 3.63) is 23.8 Å². The predicted molar refractivity (Wildman–Crippen MR) is 147 cm³/mol. The standard InChI is InChI=1S/C30H50O5Si/c1-10-20(3)29(32)34-26-16-19(2)15-22-12-11-21(4)25(28(22)26)14-13-23-17-24(18-27(31)33-23)35-36(8,9)30(5,6)7/h11-12,15,19-21,23-26,28H,10,13-14,16-18H2,1-9H3/t19-,20+,21-,23+,24+,25-,26-,28-/m0/s1. The number of hydrogen-bond donors (Lipinski definition) is 0. The first-order valence-corrected chi connectivity index (χ1v) is 17.1. The summed E-state index contributed by atoms with van der Waals surface area (Å²) in [7, 11) is -1.96. The lowest BCUT2D eigenvalue weighted by molar-refractivity contribution is -0.162. The van der Waals surface area contributed by atoms with E-state index in [1.807, 2.05) is 13.8 Å². The number of rotatable bonds is 8. The number of carbonyl (C=O) groups is 2. The Hall–Kier alpha value is -1.40. The van der Waals surface area contributed by atoms with E-state index in [-0.39, 0.29) is 47.1 Å². The van der Waals surface area contributed by atoms with Crippen LogP contribution >= 0.6 is 0 Å². The third kappa shape index (κ3) is 6.92. The molecule has 1 heterocycles. The molecule has 3 rings (SSSR count). The van der Waals surface area contributed by atoms with Gasteiger partial charge in [-0.15, -0.1) is 0 Å². The van der Waals surface area contributed by atoms with Gasteiger partial charge in [-0.05, 0) is 67.1 Å². The summed E-state index contributed by atoms with van der Waals surface area (Å²) < 4.78 is 18.6. The molecule has 2 aliphatic carbocycles. The molecule has 0 aromatic rings. The van der Waals surface area contributed by atoms with Gasteiger partial charge in [0, 0.05) is 12.3 Å². The Kier molecular flexibility index (Phi) is 9.35. The van der Waals surface area contributed by atoms with Gasteiger partial charge >= 0.3 is 11.9 Å². The summed E-state index contributed by atoms with van der Waals surface area (Å²) in [6, 6.07) is 0. The first kappa shape index (κ1) is 29.2. The molecule has 204 valence electrons. The van der Waals surface area contributed by atoms with E-state index >= 15 is 0 Å². The number of ether oxygens (including phenoxy) is 2. The highest BCUT2D eigenvalue weighted by molar-refractivity contribution is 6.74. The molecule has 0 aromatic heterocycles. The van der Waals surface area contributed by atoms with E-state index in [1.54, 1.807) is 0 Å². The fourth-order valence-corrected chi connectivity index (χ4v) is 7.10. The van der Waals surface area contributed by atoms with Crippen molar-refractivity contribution in [3.8, 4) is 0 Å². The van der Waals surface area contributed by atoms with Crippen LogP contribution in [0.3, 0.4) is 0 Å². The van der Waals surface area contributed by atoms with Crippen LogP contribution in [0.15, 0.2) is 23.8 Å². The summed E-state index contributed by atoms with van der Waals surface area (Å²) in [5, 5.41) is 0.107. The first-order chi connectivity index (χ1) is 16.7. The minimum absolute atomic E-state index is 0.0592. The second-order valence-electron chi connectivity index (χ2n) is 13.2. The molecule has 6 heteroatoms. The molecule has 3 aliphatic rings. The van der Waals surface area contributed by atoms with Crippen LogP contribution < -0.4 is 0 Å². The van der Waals surface area contributed by atoms with Gasteiger partial charge in [-0.2, -0.15) is 0 Å². The lowest BCUT2D eigenvalue weighted by Crippen LogP contribution is -2.47. The summed E-state index contributed by atoms with van der Waals surface area (Å²) in [6.45, 7) is 19.6. The number of allylic oxidation sites excluding steroid dienone is 3. The molecule has 0 bridgehead atoms. The smallest absolute Gasteiger partial charge is 0.308 e. The van der Waals surface area contributed by atoms with Gasteiger partial charge in [-0.1, -0.05) is 66.7 Å². The minimum atomic E-state index is -1.96. The van der Waals surface area contributed by atoms with Crippen LogP contribution in [-0.4, -0.2) is 38.6 Å². The van der Waals surface area contributed by atoms with Crippen LogP contribution in [0.5, 0.6) is 0 Å². The normalized spacial score (nSPS) is 33.9. The minimum Gasteiger partial charge on any atom is -0.462 e. The molecular formula is C30H50O5Si. The fraction of sp³-hybridized carbons (Fsp3) is 0.800. The molecule has 1 saturated heterocycles.